The van der Waals surface area contributed by atoms with Crippen molar-refractivity contribution in [1.29, 1.82) is 0 Å². The Morgan fingerprint density at radius 3 is 2.75 bits per heavy atom. The average Bonchev–Trinajstić information content (AvgIpc) is 3.31. The summed E-state index contributed by atoms with van der Waals surface area (Å²) >= 11 is 5.71. The predicted molar refractivity (Wildman–Crippen MR) is 123 cm³/mol. The Morgan fingerprint density at radius 1 is 1.22 bits per heavy atom. The van der Waals surface area contributed by atoms with E-state index in [0.717, 1.165) is 23.8 Å². The Bertz CT molecular complexity index is 1240. The van der Waals surface area contributed by atoms with E-state index in [4.69, 9.17) is 12.2 Å². The molecule has 4 heterocycles. The van der Waals surface area contributed by atoms with Crippen molar-refractivity contribution in [1.82, 2.24) is 30.0 Å². The van der Waals surface area contributed by atoms with E-state index in [1.807, 2.05) is 41.3 Å². The Morgan fingerprint density at radius 2 is 2.00 bits per heavy atom. The van der Waals surface area contributed by atoms with Crippen LogP contribution in [0.1, 0.15) is 24.4 Å². The number of amides is 1. The van der Waals surface area contributed by atoms with Crippen LogP contribution < -0.4 is 5.32 Å². The summed E-state index contributed by atoms with van der Waals surface area (Å²) in [7, 11) is 0. The van der Waals surface area contributed by atoms with Crippen LogP contribution in [0.15, 0.2) is 67.0 Å². The van der Waals surface area contributed by atoms with E-state index in [0.29, 0.717) is 29.3 Å². The number of allylic oxidation sites excluding steroid dienone is 1. The van der Waals surface area contributed by atoms with Gasteiger partial charge < -0.3 is 19.9 Å². The van der Waals surface area contributed by atoms with E-state index in [1.165, 1.54) is 0 Å². The molecule has 1 amide bonds. The zero-order chi connectivity index (χ0) is 22.1. The van der Waals surface area contributed by atoms with Crippen molar-refractivity contribution in [2.45, 2.75) is 24.9 Å². The van der Waals surface area contributed by atoms with Crippen LogP contribution in [-0.2, 0) is 4.79 Å². The molecule has 2 aromatic heterocycles. The first-order valence-corrected chi connectivity index (χ1v) is 11.1. The number of benzene rings is 1. The number of aliphatic hydroxyl groups is 1. The first-order valence-electron chi connectivity index (χ1n) is 10.7. The van der Waals surface area contributed by atoms with Gasteiger partial charge in [0, 0.05) is 19.3 Å². The molecule has 0 aliphatic carbocycles. The van der Waals surface area contributed by atoms with Crippen molar-refractivity contribution in [3.8, 4) is 0 Å². The number of carbonyl (C=O) groups is 1. The number of nitrogens with one attached hydrogen (secondary N) is 2. The first-order chi connectivity index (χ1) is 15.6. The minimum absolute atomic E-state index is 0.00489. The summed E-state index contributed by atoms with van der Waals surface area (Å²) in [4.78, 5) is 20.1. The summed E-state index contributed by atoms with van der Waals surface area (Å²) in [6.07, 6.45) is 10.3. The molecule has 2 aliphatic heterocycles. The number of dihydropyridines is 1. The summed E-state index contributed by atoms with van der Waals surface area (Å²) in [6, 6.07) is 9.18. The number of aliphatic hydroxyl groups excluding tert-OH is 1. The highest BCUT2D eigenvalue weighted by atomic mass is 32.1. The van der Waals surface area contributed by atoms with Crippen molar-refractivity contribution in [2.75, 3.05) is 13.1 Å². The second kappa shape index (κ2) is 8.58. The minimum atomic E-state index is -0.591. The molecule has 1 fully saturated rings. The molecule has 9 heteroatoms. The van der Waals surface area contributed by atoms with Gasteiger partial charge >= 0.3 is 0 Å². The van der Waals surface area contributed by atoms with Gasteiger partial charge in [-0.1, -0.05) is 42.5 Å². The Hall–Kier alpha value is -3.46. The molecular weight excluding hydrogens is 424 g/mol. The number of rotatable bonds is 4. The summed E-state index contributed by atoms with van der Waals surface area (Å²) in [5, 5.41) is 20.7. The molecule has 1 saturated heterocycles. The van der Waals surface area contributed by atoms with Gasteiger partial charge in [0.05, 0.1) is 24.0 Å². The molecule has 0 radical (unpaired) electrons. The first kappa shape index (κ1) is 20.4. The lowest BCUT2D eigenvalue weighted by Gasteiger charge is -2.37. The molecule has 8 nitrogen and oxygen atoms in total. The van der Waals surface area contributed by atoms with E-state index < -0.39 is 6.04 Å². The maximum Gasteiger partial charge on any atom is 0.250 e. The molecule has 2 atom stereocenters. The molecule has 3 aromatic rings. The maximum absolute atomic E-state index is 13.8. The van der Waals surface area contributed by atoms with Crippen molar-refractivity contribution < 1.29 is 9.90 Å². The molecule has 1 aromatic carbocycles. The number of aromatic nitrogens is 4. The number of nitrogens with zero attached hydrogens (tertiary/aromatic N) is 4. The molecule has 0 bridgehead atoms. The maximum atomic E-state index is 13.8. The summed E-state index contributed by atoms with van der Waals surface area (Å²) in [5.41, 5.74) is 1.48. The third kappa shape index (κ3) is 3.80. The highest BCUT2D eigenvalue weighted by molar-refractivity contribution is 7.71. The van der Waals surface area contributed by atoms with Crippen LogP contribution in [0.4, 0.5) is 0 Å². The number of H-pyrrole nitrogens is 1. The highest BCUT2D eigenvalue weighted by Gasteiger charge is 2.33. The van der Waals surface area contributed by atoms with E-state index in [1.54, 1.807) is 29.4 Å². The Labute approximate surface area is 190 Å². The highest BCUT2D eigenvalue weighted by Crippen LogP contribution is 2.28. The molecule has 2 unspecified atom stereocenters. The van der Waals surface area contributed by atoms with Gasteiger partial charge in [0.25, 0.3) is 0 Å². The number of piperidine rings is 1. The fraction of sp³-hybridized carbons (Fsp3) is 0.304. The van der Waals surface area contributed by atoms with Gasteiger partial charge in [-0.05, 0) is 36.5 Å². The van der Waals surface area contributed by atoms with Crippen molar-refractivity contribution in [3.63, 3.8) is 0 Å². The number of hydrogen-bond acceptors (Lipinski definition) is 6. The normalized spacial score (nSPS) is 20.1. The lowest BCUT2D eigenvalue weighted by Crippen LogP contribution is -2.46. The second-order valence-electron chi connectivity index (χ2n) is 8.18. The number of fused-ring (bicyclic) bond motifs is 1. The Kier molecular flexibility index (Phi) is 5.48. The van der Waals surface area contributed by atoms with Gasteiger partial charge in [0.15, 0.2) is 5.65 Å². The van der Waals surface area contributed by atoms with Crippen LogP contribution in [-0.4, -0.2) is 54.8 Å². The molecule has 5 rings (SSSR count). The summed E-state index contributed by atoms with van der Waals surface area (Å²) in [5.74, 6) is 0.644. The monoisotopic (exact) mass is 448 g/mol. The lowest BCUT2D eigenvalue weighted by atomic mass is 9.88. The van der Waals surface area contributed by atoms with E-state index in [-0.39, 0.29) is 17.7 Å². The van der Waals surface area contributed by atoms with Crippen LogP contribution >= 0.6 is 12.2 Å². The van der Waals surface area contributed by atoms with Crippen LogP contribution in [0.2, 0.25) is 0 Å². The largest absolute Gasteiger partial charge is 0.508 e. The molecule has 3 N–H and O–H groups in total. The average molecular weight is 449 g/mol. The Balaban J connectivity index is 1.41. The van der Waals surface area contributed by atoms with E-state index in [9.17, 15) is 9.90 Å². The van der Waals surface area contributed by atoms with Gasteiger partial charge in [-0.3, -0.25) is 9.89 Å². The van der Waals surface area contributed by atoms with Gasteiger partial charge in [-0.15, -0.1) is 0 Å². The zero-order valence-corrected chi connectivity index (χ0v) is 18.2. The smallest absolute Gasteiger partial charge is 0.250 e. The lowest BCUT2D eigenvalue weighted by molar-refractivity contribution is -0.135. The molecule has 164 valence electrons. The quantitative estimate of drug-likeness (QED) is 0.530. The van der Waals surface area contributed by atoms with E-state index in [2.05, 4.69) is 20.5 Å². The van der Waals surface area contributed by atoms with Gasteiger partial charge in [-0.25, -0.2) is 4.98 Å². The van der Waals surface area contributed by atoms with Crippen LogP contribution in [0.5, 0.6) is 0 Å². The van der Waals surface area contributed by atoms with E-state index >= 15 is 0 Å². The zero-order valence-electron chi connectivity index (χ0n) is 17.4. The topological polar surface area (TPSA) is 99.1 Å². The van der Waals surface area contributed by atoms with Crippen LogP contribution in [0.3, 0.4) is 0 Å². The molecule has 0 spiro atoms. The third-order valence-corrected chi connectivity index (χ3v) is 6.71. The molecule has 2 aliphatic rings. The number of hydrogen-bond donors (Lipinski definition) is 3. The van der Waals surface area contributed by atoms with Crippen molar-refractivity contribution in [3.05, 3.63) is 77.2 Å². The minimum Gasteiger partial charge on any atom is -0.508 e. The second-order valence-corrected chi connectivity index (χ2v) is 8.57. The van der Waals surface area contributed by atoms with Crippen LogP contribution in [0, 0.1) is 10.6 Å². The third-order valence-electron chi connectivity index (χ3n) is 6.28. The van der Waals surface area contributed by atoms with Crippen LogP contribution in [0.25, 0.3) is 11.0 Å². The predicted octanol–water partition coefficient (Wildman–Crippen LogP) is 3.24. The fourth-order valence-electron chi connectivity index (χ4n) is 4.54. The van der Waals surface area contributed by atoms with Crippen molar-refractivity contribution >= 4 is 29.2 Å². The summed E-state index contributed by atoms with van der Waals surface area (Å²) in [6.45, 7) is 1.30. The van der Waals surface area contributed by atoms with Gasteiger partial charge in [0.2, 0.25) is 5.91 Å². The molecule has 32 heavy (non-hydrogen) atoms. The summed E-state index contributed by atoms with van der Waals surface area (Å²) < 4.78 is 2.30. The number of carbonyl (C=O) groups excluding carboxylic acids is 1. The number of aromatic amines is 1. The SMILES string of the molecule is O=C(C(c1ccccc1)n1cnc2[nH]ncc2c1=S)N1CCC(C2C=C(O)C=CN2)CC1. The molecule has 0 saturated carbocycles. The standard InChI is InChI=1S/C23H24N6O2S/c30-17-6-9-24-19(12-17)15-7-10-28(11-8-15)22(31)20(16-4-2-1-3-5-16)29-14-25-21-18(23(29)32)13-26-27-21/h1-6,9,12-15,19-20,24,30H,7-8,10-11H2,(H,26,27). The van der Waals surface area contributed by atoms with Gasteiger partial charge in [0.1, 0.15) is 16.4 Å². The van der Waals surface area contributed by atoms with Crippen molar-refractivity contribution in [2.24, 2.45) is 5.92 Å². The molecular formula is C23H24N6O2S. The number of likely N-dealkylation sites (tertiary alicyclic amines) is 1. The van der Waals surface area contributed by atoms with Gasteiger partial charge in [-0.2, -0.15) is 5.10 Å². The fourth-order valence-corrected chi connectivity index (χ4v) is 4.85.